The Morgan fingerprint density at radius 3 is 2.41 bits per heavy atom. The van der Waals surface area contributed by atoms with Crippen LogP contribution in [0.1, 0.15) is 44.9 Å². The van der Waals surface area contributed by atoms with Crippen molar-refractivity contribution in [3.05, 3.63) is 0 Å². The van der Waals surface area contributed by atoms with E-state index in [-0.39, 0.29) is 24.0 Å². The van der Waals surface area contributed by atoms with Gasteiger partial charge in [0, 0.05) is 19.1 Å². The molecule has 2 rings (SSSR count). The van der Waals surface area contributed by atoms with Gasteiger partial charge in [0.15, 0.2) is 0 Å². The highest BCUT2D eigenvalue weighted by Crippen LogP contribution is 2.25. The van der Waals surface area contributed by atoms with Gasteiger partial charge in [0.05, 0.1) is 12.0 Å². The van der Waals surface area contributed by atoms with Gasteiger partial charge in [0.25, 0.3) is 0 Å². The Labute approximate surface area is 103 Å². The first-order valence-corrected chi connectivity index (χ1v) is 6.91. The van der Waals surface area contributed by atoms with Crippen LogP contribution in [0.3, 0.4) is 0 Å². The lowest BCUT2D eigenvalue weighted by Gasteiger charge is -2.33. The molecular weight excluding hydrogens is 216 g/mol. The summed E-state index contributed by atoms with van der Waals surface area (Å²) in [6, 6.07) is 0.0388. The Kier molecular flexibility index (Phi) is 4.40. The predicted molar refractivity (Wildman–Crippen MR) is 66.4 cm³/mol. The highest BCUT2D eigenvalue weighted by atomic mass is 16.3. The quantitative estimate of drug-likeness (QED) is 0.669. The van der Waals surface area contributed by atoms with Gasteiger partial charge in [-0.1, -0.05) is 19.3 Å². The fraction of sp³-hybridized carbons (Fsp3) is 0.923. The molecule has 0 aromatic carbocycles. The number of aliphatic hydroxyl groups is 1. The van der Waals surface area contributed by atoms with Crippen molar-refractivity contribution in [3.8, 4) is 0 Å². The minimum absolute atomic E-state index is 0.0211. The standard InChI is InChI=1S/C13H24N2O2/c14-12-5-3-1-2-4-11(12)13(17)15-8-6-10(16)7-9-15/h10-12,16H,1-9,14H2. The molecule has 17 heavy (non-hydrogen) atoms. The third kappa shape index (κ3) is 3.19. The molecule has 0 bridgehead atoms. The van der Waals surface area contributed by atoms with Gasteiger partial charge in [0.2, 0.25) is 5.91 Å². The van der Waals surface area contributed by atoms with Crippen LogP contribution in [0.5, 0.6) is 0 Å². The fourth-order valence-corrected chi connectivity index (χ4v) is 2.96. The van der Waals surface area contributed by atoms with Gasteiger partial charge < -0.3 is 15.7 Å². The predicted octanol–water partition coefficient (Wildman–Crippen LogP) is 0.877. The van der Waals surface area contributed by atoms with Crippen molar-refractivity contribution in [3.63, 3.8) is 0 Å². The summed E-state index contributed by atoms with van der Waals surface area (Å²) in [5.41, 5.74) is 6.12. The van der Waals surface area contributed by atoms with Crippen LogP contribution in [0.15, 0.2) is 0 Å². The zero-order valence-corrected chi connectivity index (χ0v) is 10.5. The smallest absolute Gasteiger partial charge is 0.227 e. The van der Waals surface area contributed by atoms with Crippen molar-refractivity contribution in [2.24, 2.45) is 11.7 Å². The third-order valence-electron chi connectivity index (χ3n) is 4.16. The van der Waals surface area contributed by atoms with Crippen molar-refractivity contribution in [1.82, 2.24) is 4.90 Å². The van der Waals surface area contributed by atoms with Gasteiger partial charge in [0.1, 0.15) is 0 Å². The minimum Gasteiger partial charge on any atom is -0.393 e. The molecule has 4 heteroatoms. The van der Waals surface area contributed by atoms with E-state index in [1.807, 2.05) is 4.90 Å². The maximum atomic E-state index is 12.4. The molecule has 0 aromatic rings. The lowest BCUT2D eigenvalue weighted by atomic mass is 9.93. The van der Waals surface area contributed by atoms with Gasteiger partial charge >= 0.3 is 0 Å². The molecule has 1 amide bonds. The van der Waals surface area contributed by atoms with Crippen LogP contribution in [-0.4, -0.2) is 41.1 Å². The van der Waals surface area contributed by atoms with Gasteiger partial charge in [-0.25, -0.2) is 0 Å². The number of likely N-dealkylation sites (tertiary alicyclic amines) is 1. The number of piperidine rings is 1. The highest BCUT2D eigenvalue weighted by Gasteiger charge is 2.32. The summed E-state index contributed by atoms with van der Waals surface area (Å²) in [5, 5.41) is 9.45. The molecule has 2 aliphatic rings. The number of amides is 1. The zero-order valence-electron chi connectivity index (χ0n) is 10.5. The van der Waals surface area contributed by atoms with E-state index in [1.54, 1.807) is 0 Å². The number of carbonyl (C=O) groups is 1. The zero-order chi connectivity index (χ0) is 12.3. The van der Waals surface area contributed by atoms with Gasteiger partial charge in [-0.15, -0.1) is 0 Å². The molecule has 0 aromatic heterocycles. The molecule has 2 atom stereocenters. The van der Waals surface area contributed by atoms with E-state index in [4.69, 9.17) is 5.73 Å². The largest absolute Gasteiger partial charge is 0.393 e. The SMILES string of the molecule is NC1CCCCCC1C(=O)N1CCC(O)CC1. The summed E-state index contributed by atoms with van der Waals surface area (Å²) in [4.78, 5) is 14.3. The minimum atomic E-state index is -0.221. The van der Waals surface area contributed by atoms with E-state index < -0.39 is 0 Å². The van der Waals surface area contributed by atoms with E-state index in [0.29, 0.717) is 25.9 Å². The number of nitrogens with zero attached hydrogens (tertiary/aromatic N) is 1. The molecule has 98 valence electrons. The van der Waals surface area contributed by atoms with Crippen LogP contribution >= 0.6 is 0 Å². The van der Waals surface area contributed by atoms with Crippen molar-refractivity contribution in [2.75, 3.05) is 13.1 Å². The van der Waals surface area contributed by atoms with Crippen molar-refractivity contribution in [1.29, 1.82) is 0 Å². The van der Waals surface area contributed by atoms with Crippen molar-refractivity contribution >= 4 is 5.91 Å². The number of hydrogen-bond acceptors (Lipinski definition) is 3. The second-order valence-electron chi connectivity index (χ2n) is 5.46. The number of aliphatic hydroxyl groups excluding tert-OH is 1. The first-order valence-electron chi connectivity index (χ1n) is 6.91. The maximum absolute atomic E-state index is 12.4. The van der Waals surface area contributed by atoms with E-state index in [9.17, 15) is 9.90 Å². The highest BCUT2D eigenvalue weighted by molar-refractivity contribution is 5.79. The molecule has 1 aliphatic heterocycles. The third-order valence-corrected chi connectivity index (χ3v) is 4.16. The average molecular weight is 240 g/mol. The van der Waals surface area contributed by atoms with Gasteiger partial charge in [-0.3, -0.25) is 4.79 Å². The summed E-state index contributed by atoms with van der Waals surface area (Å²) in [6.07, 6.45) is 6.62. The summed E-state index contributed by atoms with van der Waals surface area (Å²) < 4.78 is 0. The fourth-order valence-electron chi connectivity index (χ4n) is 2.96. The Balaban J connectivity index is 1.93. The summed E-state index contributed by atoms with van der Waals surface area (Å²) in [6.45, 7) is 1.40. The van der Waals surface area contributed by atoms with Crippen LogP contribution < -0.4 is 5.73 Å². The Morgan fingerprint density at radius 1 is 1.06 bits per heavy atom. The molecule has 1 saturated carbocycles. The Bertz CT molecular complexity index is 262. The first-order chi connectivity index (χ1) is 8.18. The number of hydrogen-bond donors (Lipinski definition) is 2. The molecule has 1 heterocycles. The summed E-state index contributed by atoms with van der Waals surface area (Å²) in [7, 11) is 0. The van der Waals surface area contributed by atoms with Crippen LogP contribution in [0.4, 0.5) is 0 Å². The lowest BCUT2D eigenvalue weighted by Crippen LogP contribution is -2.47. The average Bonchev–Trinajstić information content (AvgIpc) is 2.54. The molecule has 0 radical (unpaired) electrons. The molecule has 1 saturated heterocycles. The number of rotatable bonds is 1. The molecule has 4 nitrogen and oxygen atoms in total. The normalized spacial score (nSPS) is 32.2. The molecule has 2 unspecified atom stereocenters. The second-order valence-corrected chi connectivity index (χ2v) is 5.46. The molecule has 2 fully saturated rings. The topological polar surface area (TPSA) is 66.6 Å². The molecule has 1 aliphatic carbocycles. The molecular formula is C13H24N2O2. The van der Waals surface area contributed by atoms with Crippen LogP contribution in [-0.2, 0) is 4.79 Å². The first kappa shape index (κ1) is 12.8. The summed E-state index contributed by atoms with van der Waals surface area (Å²) in [5.74, 6) is 0.249. The van der Waals surface area contributed by atoms with E-state index in [0.717, 1.165) is 25.7 Å². The van der Waals surface area contributed by atoms with E-state index in [1.165, 1.54) is 6.42 Å². The van der Waals surface area contributed by atoms with Gasteiger partial charge in [-0.2, -0.15) is 0 Å². The van der Waals surface area contributed by atoms with E-state index in [2.05, 4.69) is 0 Å². The summed E-state index contributed by atoms with van der Waals surface area (Å²) >= 11 is 0. The number of nitrogens with two attached hydrogens (primary N) is 1. The van der Waals surface area contributed by atoms with Gasteiger partial charge in [-0.05, 0) is 25.7 Å². The van der Waals surface area contributed by atoms with Crippen LogP contribution in [0.25, 0.3) is 0 Å². The Hall–Kier alpha value is -0.610. The molecule has 3 N–H and O–H groups in total. The van der Waals surface area contributed by atoms with Crippen LogP contribution in [0, 0.1) is 5.92 Å². The monoisotopic (exact) mass is 240 g/mol. The van der Waals surface area contributed by atoms with E-state index >= 15 is 0 Å². The maximum Gasteiger partial charge on any atom is 0.227 e. The lowest BCUT2D eigenvalue weighted by molar-refractivity contribution is -0.138. The van der Waals surface area contributed by atoms with Crippen molar-refractivity contribution in [2.45, 2.75) is 57.1 Å². The molecule has 0 spiro atoms. The second kappa shape index (κ2) is 5.83. The number of carbonyl (C=O) groups excluding carboxylic acids is 1. The Morgan fingerprint density at radius 2 is 1.71 bits per heavy atom. The van der Waals surface area contributed by atoms with Crippen molar-refractivity contribution < 1.29 is 9.90 Å². The van der Waals surface area contributed by atoms with Crippen LogP contribution in [0.2, 0.25) is 0 Å².